The zero-order valence-corrected chi connectivity index (χ0v) is 13.2. The van der Waals surface area contributed by atoms with Gasteiger partial charge in [0.1, 0.15) is 0 Å². The van der Waals surface area contributed by atoms with Crippen molar-refractivity contribution in [1.29, 1.82) is 0 Å². The number of benzene rings is 1. The van der Waals surface area contributed by atoms with Crippen molar-refractivity contribution in [3.63, 3.8) is 0 Å². The third-order valence-corrected chi connectivity index (χ3v) is 4.12. The number of amides is 1. The number of nitrogens with zero attached hydrogens (tertiary/aromatic N) is 1. The highest BCUT2D eigenvalue weighted by atomic mass is 16.6. The van der Waals surface area contributed by atoms with Gasteiger partial charge in [0, 0.05) is 19.2 Å². The van der Waals surface area contributed by atoms with E-state index >= 15 is 0 Å². The molecule has 1 aromatic rings. The Labute approximate surface area is 130 Å². The molecule has 0 aliphatic carbocycles. The lowest BCUT2D eigenvalue weighted by molar-refractivity contribution is -0.385. The van der Waals surface area contributed by atoms with E-state index < -0.39 is 10.3 Å². The molecule has 122 valence electrons. The molecule has 0 bridgehead atoms. The monoisotopic (exact) mass is 309 g/mol. The number of hydrogen-bond acceptors (Lipinski definition) is 5. The van der Waals surface area contributed by atoms with Crippen LogP contribution in [0.1, 0.15) is 32.3 Å². The molecule has 0 aliphatic rings. The fraction of sp³-hybridized carbons (Fsp3) is 0.533. The molecule has 0 spiro atoms. The molecule has 0 aromatic heterocycles. The van der Waals surface area contributed by atoms with E-state index in [1.807, 2.05) is 13.8 Å². The van der Waals surface area contributed by atoms with Crippen molar-refractivity contribution >= 4 is 11.6 Å². The van der Waals surface area contributed by atoms with Crippen LogP contribution in [0.4, 0.5) is 5.69 Å². The molecule has 0 unspecified atom stereocenters. The Balaban J connectivity index is 2.86. The zero-order valence-electron chi connectivity index (χ0n) is 13.2. The maximum absolute atomic E-state index is 12.3. The van der Waals surface area contributed by atoms with Gasteiger partial charge in [-0.1, -0.05) is 19.9 Å². The van der Waals surface area contributed by atoms with E-state index in [9.17, 15) is 14.9 Å². The number of carbonyl (C=O) groups excluding carboxylic acids is 1. The first kappa shape index (κ1) is 17.9. The van der Waals surface area contributed by atoms with Gasteiger partial charge in [-0.05, 0) is 24.5 Å². The first-order valence-electron chi connectivity index (χ1n) is 7.23. The Morgan fingerprint density at radius 1 is 1.41 bits per heavy atom. The third-order valence-electron chi connectivity index (χ3n) is 4.12. The Kier molecular flexibility index (Phi) is 6.30. The van der Waals surface area contributed by atoms with Gasteiger partial charge in [-0.15, -0.1) is 0 Å². The van der Waals surface area contributed by atoms with Crippen LogP contribution in [0.25, 0.3) is 0 Å². The molecule has 0 heterocycles. The van der Waals surface area contributed by atoms with Gasteiger partial charge < -0.3 is 15.8 Å². The molecule has 0 aliphatic heterocycles. The molecule has 1 aromatic carbocycles. The number of methoxy groups -OCH3 is 1. The van der Waals surface area contributed by atoms with E-state index in [1.165, 1.54) is 19.2 Å². The number of ether oxygens (including phenoxy) is 1. The van der Waals surface area contributed by atoms with Crippen LogP contribution in [0.15, 0.2) is 18.2 Å². The molecule has 0 radical (unpaired) electrons. The number of rotatable bonds is 8. The van der Waals surface area contributed by atoms with Gasteiger partial charge >= 0.3 is 5.69 Å². The highest BCUT2D eigenvalue weighted by molar-refractivity contribution is 5.82. The maximum atomic E-state index is 12.3. The van der Waals surface area contributed by atoms with Crippen LogP contribution in [0.2, 0.25) is 0 Å². The van der Waals surface area contributed by atoms with E-state index in [4.69, 9.17) is 10.5 Å². The van der Waals surface area contributed by atoms with E-state index in [0.717, 1.165) is 0 Å². The molecule has 7 nitrogen and oxygen atoms in total. The number of nitrogens with one attached hydrogen (secondary N) is 1. The summed E-state index contributed by atoms with van der Waals surface area (Å²) in [5.74, 6) is 0.0666. The summed E-state index contributed by atoms with van der Waals surface area (Å²) in [4.78, 5) is 22.8. The smallest absolute Gasteiger partial charge is 0.311 e. The van der Waals surface area contributed by atoms with Crippen molar-refractivity contribution in [1.82, 2.24) is 5.32 Å². The molecule has 0 fully saturated rings. The second-order valence-electron chi connectivity index (χ2n) is 5.14. The summed E-state index contributed by atoms with van der Waals surface area (Å²) in [5, 5.41) is 13.8. The summed E-state index contributed by atoms with van der Waals surface area (Å²) in [7, 11) is 1.38. The minimum Gasteiger partial charge on any atom is -0.490 e. The van der Waals surface area contributed by atoms with Crippen molar-refractivity contribution < 1.29 is 14.5 Å². The van der Waals surface area contributed by atoms with Crippen LogP contribution in [0.3, 0.4) is 0 Å². The van der Waals surface area contributed by atoms with Crippen LogP contribution < -0.4 is 15.8 Å². The summed E-state index contributed by atoms with van der Waals surface area (Å²) in [5.41, 5.74) is 5.67. The molecule has 0 saturated carbocycles. The number of nitrogens with two attached hydrogens (primary N) is 1. The molecule has 3 N–H and O–H groups in total. The molecule has 0 saturated heterocycles. The second kappa shape index (κ2) is 7.74. The van der Waals surface area contributed by atoms with Crippen molar-refractivity contribution in [2.75, 3.05) is 13.7 Å². The number of nitro groups is 1. The van der Waals surface area contributed by atoms with E-state index in [2.05, 4.69) is 5.32 Å². The quantitative estimate of drug-likeness (QED) is 0.564. The fourth-order valence-corrected chi connectivity index (χ4v) is 2.31. The van der Waals surface area contributed by atoms with E-state index in [0.29, 0.717) is 18.4 Å². The van der Waals surface area contributed by atoms with Gasteiger partial charge in [0.05, 0.1) is 17.4 Å². The van der Waals surface area contributed by atoms with Crippen LogP contribution in [0.5, 0.6) is 5.75 Å². The van der Waals surface area contributed by atoms with Crippen molar-refractivity contribution in [3.05, 3.63) is 33.9 Å². The highest BCUT2D eigenvalue weighted by Crippen LogP contribution is 2.28. The lowest BCUT2D eigenvalue weighted by Gasteiger charge is -2.28. The molecule has 0 atom stereocenters. The minimum atomic E-state index is -0.585. The summed E-state index contributed by atoms with van der Waals surface area (Å²) in [6.45, 7) is 4.34. The Morgan fingerprint density at radius 2 is 2.05 bits per heavy atom. The van der Waals surface area contributed by atoms with Gasteiger partial charge in [-0.3, -0.25) is 14.9 Å². The minimum absolute atomic E-state index is 0.120. The summed E-state index contributed by atoms with van der Waals surface area (Å²) in [6, 6.07) is 4.62. The van der Waals surface area contributed by atoms with Gasteiger partial charge in [-0.25, -0.2) is 0 Å². The molecular weight excluding hydrogens is 286 g/mol. The largest absolute Gasteiger partial charge is 0.490 e. The second-order valence-corrected chi connectivity index (χ2v) is 5.14. The Morgan fingerprint density at radius 3 is 2.50 bits per heavy atom. The lowest BCUT2D eigenvalue weighted by atomic mass is 9.81. The number of carbonyl (C=O) groups is 1. The summed E-state index contributed by atoms with van der Waals surface area (Å²) >= 11 is 0. The number of nitro benzene ring substituents is 1. The van der Waals surface area contributed by atoms with Gasteiger partial charge in [-0.2, -0.15) is 0 Å². The van der Waals surface area contributed by atoms with Gasteiger partial charge in [0.2, 0.25) is 5.91 Å². The average molecular weight is 309 g/mol. The summed E-state index contributed by atoms with van der Waals surface area (Å²) in [6.07, 6.45) is 1.29. The summed E-state index contributed by atoms with van der Waals surface area (Å²) < 4.78 is 4.95. The van der Waals surface area contributed by atoms with Crippen molar-refractivity contribution in [2.45, 2.75) is 33.2 Å². The molecule has 22 heavy (non-hydrogen) atoms. The molecular formula is C15H23N3O4. The van der Waals surface area contributed by atoms with Crippen LogP contribution in [-0.4, -0.2) is 24.5 Å². The zero-order chi connectivity index (χ0) is 16.8. The van der Waals surface area contributed by atoms with Crippen LogP contribution in [-0.2, 0) is 11.3 Å². The standard InChI is InChI=1S/C15H23N3O4/c1-4-15(5-2,10-16)14(19)17-9-11-6-7-13(22-3)12(8-11)18(20)21/h6-8H,4-5,9-10,16H2,1-3H3,(H,17,19). The first-order valence-corrected chi connectivity index (χ1v) is 7.23. The van der Waals surface area contributed by atoms with Crippen LogP contribution >= 0.6 is 0 Å². The van der Waals surface area contributed by atoms with Gasteiger partial charge in [0.25, 0.3) is 0 Å². The van der Waals surface area contributed by atoms with Crippen molar-refractivity contribution in [3.8, 4) is 5.75 Å². The topological polar surface area (TPSA) is 107 Å². The van der Waals surface area contributed by atoms with Crippen LogP contribution in [0, 0.1) is 15.5 Å². The lowest BCUT2D eigenvalue weighted by Crippen LogP contribution is -2.45. The molecule has 1 amide bonds. The van der Waals surface area contributed by atoms with Crippen molar-refractivity contribution in [2.24, 2.45) is 11.1 Å². The predicted molar refractivity (Wildman–Crippen MR) is 83.6 cm³/mol. The Hall–Kier alpha value is -2.15. The fourth-order valence-electron chi connectivity index (χ4n) is 2.31. The van der Waals surface area contributed by atoms with Gasteiger partial charge in [0.15, 0.2) is 5.75 Å². The Bertz CT molecular complexity index is 533. The average Bonchev–Trinajstić information content (AvgIpc) is 2.54. The maximum Gasteiger partial charge on any atom is 0.311 e. The SMILES string of the molecule is CCC(CC)(CN)C(=O)NCc1ccc(OC)c([N+](=O)[O-])c1. The normalized spacial score (nSPS) is 11.1. The molecule has 1 rings (SSSR count). The first-order chi connectivity index (χ1) is 10.4. The number of hydrogen-bond donors (Lipinski definition) is 2. The predicted octanol–water partition coefficient (Wildman–Crippen LogP) is 1.98. The van der Waals surface area contributed by atoms with E-state index in [1.54, 1.807) is 6.07 Å². The third kappa shape index (κ3) is 3.73. The van der Waals surface area contributed by atoms with E-state index in [-0.39, 0.29) is 30.4 Å². The highest BCUT2D eigenvalue weighted by Gasteiger charge is 2.33. The molecule has 7 heteroatoms.